The Bertz CT molecular complexity index is 144. The van der Waals surface area contributed by atoms with E-state index in [1.165, 1.54) is 17.9 Å². The van der Waals surface area contributed by atoms with Crippen molar-refractivity contribution in [2.75, 3.05) is 11.5 Å². The molecule has 1 nitrogen and oxygen atoms in total. The number of hydrogen-bond donors (Lipinski definition) is 1. The van der Waals surface area contributed by atoms with E-state index in [0.29, 0.717) is 16.4 Å². The Labute approximate surface area is 90.1 Å². The Balaban J connectivity index is 2.40. The van der Waals surface area contributed by atoms with Gasteiger partial charge in [-0.1, -0.05) is 20.8 Å². The van der Waals surface area contributed by atoms with Crippen molar-refractivity contribution >= 4 is 23.5 Å². The highest BCUT2D eigenvalue weighted by Gasteiger charge is 2.28. The topological polar surface area (TPSA) is 20.2 Å². The summed E-state index contributed by atoms with van der Waals surface area (Å²) in [5.41, 5.74) is 0. The van der Waals surface area contributed by atoms with Gasteiger partial charge in [0.05, 0.1) is 10.7 Å². The van der Waals surface area contributed by atoms with Crippen LogP contribution in [0.3, 0.4) is 0 Å². The van der Waals surface area contributed by atoms with Crippen LogP contribution in [0.15, 0.2) is 0 Å². The van der Waals surface area contributed by atoms with E-state index in [9.17, 15) is 5.11 Å². The molecule has 0 aliphatic carbocycles. The molecule has 0 unspecified atom stereocenters. The molecule has 1 aliphatic heterocycles. The molecule has 1 heterocycles. The number of thioether (sulfide) groups is 2. The molecule has 0 radical (unpaired) electrons. The average Bonchev–Trinajstić information content (AvgIpc) is 2.17. The van der Waals surface area contributed by atoms with Crippen LogP contribution in [-0.2, 0) is 0 Å². The molecule has 1 rings (SSSR count). The molecule has 0 aromatic carbocycles. The van der Waals surface area contributed by atoms with Crippen molar-refractivity contribution in [1.82, 2.24) is 0 Å². The van der Waals surface area contributed by atoms with Gasteiger partial charge in [-0.15, -0.1) is 23.5 Å². The van der Waals surface area contributed by atoms with Gasteiger partial charge in [-0.25, -0.2) is 0 Å². The first-order valence-corrected chi connectivity index (χ1v) is 7.14. The maximum atomic E-state index is 9.92. The highest BCUT2D eigenvalue weighted by Crippen LogP contribution is 2.38. The first-order chi connectivity index (χ1) is 6.13. The molecule has 0 aromatic heterocycles. The summed E-state index contributed by atoms with van der Waals surface area (Å²) in [5.74, 6) is 3.35. The van der Waals surface area contributed by atoms with Crippen LogP contribution < -0.4 is 0 Å². The van der Waals surface area contributed by atoms with Gasteiger partial charge in [0.1, 0.15) is 0 Å². The van der Waals surface area contributed by atoms with Crippen molar-refractivity contribution in [3.05, 3.63) is 0 Å². The number of aliphatic hydroxyl groups excluding tert-OH is 1. The predicted octanol–water partition coefficient (Wildman–Crippen LogP) is 2.84. The van der Waals surface area contributed by atoms with Crippen molar-refractivity contribution < 1.29 is 5.11 Å². The van der Waals surface area contributed by atoms with Gasteiger partial charge in [-0.05, 0) is 23.8 Å². The van der Waals surface area contributed by atoms with Crippen LogP contribution in [-0.4, -0.2) is 27.3 Å². The van der Waals surface area contributed by atoms with Crippen molar-refractivity contribution in [3.8, 4) is 0 Å². The van der Waals surface area contributed by atoms with Crippen LogP contribution >= 0.6 is 23.5 Å². The SMILES string of the molecule is CC(C)[C@@H](O)[C@H](C)C1SCCCS1. The molecule has 1 saturated heterocycles. The first kappa shape index (κ1) is 11.7. The van der Waals surface area contributed by atoms with Crippen LogP contribution in [0.25, 0.3) is 0 Å². The molecular weight excluding hydrogens is 200 g/mol. The Kier molecular flexibility index (Phi) is 4.98. The van der Waals surface area contributed by atoms with Crippen LogP contribution in [0.1, 0.15) is 27.2 Å². The maximum absolute atomic E-state index is 9.92. The third-order valence-corrected chi connectivity index (χ3v) is 5.88. The van der Waals surface area contributed by atoms with Gasteiger partial charge in [0, 0.05) is 5.92 Å². The monoisotopic (exact) mass is 220 g/mol. The molecule has 0 bridgehead atoms. The van der Waals surface area contributed by atoms with E-state index in [1.807, 2.05) is 23.5 Å². The van der Waals surface area contributed by atoms with Gasteiger partial charge in [0.15, 0.2) is 0 Å². The van der Waals surface area contributed by atoms with Gasteiger partial charge in [0.25, 0.3) is 0 Å². The molecular formula is C10H20OS2. The zero-order chi connectivity index (χ0) is 9.84. The molecule has 13 heavy (non-hydrogen) atoms. The lowest BCUT2D eigenvalue weighted by Crippen LogP contribution is -2.31. The predicted molar refractivity (Wildman–Crippen MR) is 63.3 cm³/mol. The summed E-state index contributed by atoms with van der Waals surface area (Å²) in [4.78, 5) is 0. The van der Waals surface area contributed by atoms with E-state index in [4.69, 9.17) is 0 Å². The molecule has 0 aromatic rings. The normalized spacial score (nSPS) is 24.7. The van der Waals surface area contributed by atoms with E-state index in [0.717, 1.165) is 0 Å². The minimum absolute atomic E-state index is 0.136. The Hall–Kier alpha value is 0.660. The Morgan fingerprint density at radius 2 is 1.69 bits per heavy atom. The van der Waals surface area contributed by atoms with Crippen molar-refractivity contribution in [2.45, 2.75) is 37.9 Å². The molecule has 0 spiro atoms. The highest BCUT2D eigenvalue weighted by atomic mass is 32.2. The van der Waals surface area contributed by atoms with Crippen molar-refractivity contribution in [2.24, 2.45) is 11.8 Å². The van der Waals surface area contributed by atoms with E-state index in [1.54, 1.807) is 0 Å². The van der Waals surface area contributed by atoms with E-state index in [-0.39, 0.29) is 6.10 Å². The fourth-order valence-electron chi connectivity index (χ4n) is 1.58. The second-order valence-electron chi connectivity index (χ2n) is 4.06. The van der Waals surface area contributed by atoms with Gasteiger partial charge < -0.3 is 5.11 Å². The molecule has 78 valence electrons. The lowest BCUT2D eigenvalue weighted by atomic mass is 9.96. The molecule has 0 saturated carbocycles. The second kappa shape index (κ2) is 5.52. The minimum Gasteiger partial charge on any atom is -0.393 e. The molecule has 0 amide bonds. The molecule has 3 heteroatoms. The third kappa shape index (κ3) is 3.37. The summed E-state index contributed by atoms with van der Waals surface area (Å²) in [6, 6.07) is 0. The zero-order valence-corrected chi connectivity index (χ0v) is 10.3. The summed E-state index contributed by atoms with van der Waals surface area (Å²) in [7, 11) is 0. The number of hydrogen-bond acceptors (Lipinski definition) is 3. The van der Waals surface area contributed by atoms with Crippen LogP contribution in [0.4, 0.5) is 0 Å². The zero-order valence-electron chi connectivity index (χ0n) is 8.69. The summed E-state index contributed by atoms with van der Waals surface area (Å²) >= 11 is 4.04. The quantitative estimate of drug-likeness (QED) is 0.790. The fourth-order valence-corrected chi connectivity index (χ4v) is 4.74. The molecule has 2 atom stereocenters. The van der Waals surface area contributed by atoms with Crippen LogP contribution in [0.2, 0.25) is 0 Å². The van der Waals surface area contributed by atoms with Crippen LogP contribution in [0.5, 0.6) is 0 Å². The van der Waals surface area contributed by atoms with E-state index < -0.39 is 0 Å². The second-order valence-corrected chi connectivity index (χ2v) is 6.85. The summed E-state index contributed by atoms with van der Waals surface area (Å²) in [5, 5.41) is 9.92. The van der Waals surface area contributed by atoms with E-state index in [2.05, 4.69) is 20.8 Å². The van der Waals surface area contributed by atoms with Gasteiger partial charge in [0.2, 0.25) is 0 Å². The first-order valence-electron chi connectivity index (χ1n) is 5.04. The summed E-state index contributed by atoms with van der Waals surface area (Å²) in [6.45, 7) is 6.37. The standard InChI is InChI=1S/C10H20OS2/c1-7(2)9(11)8(3)10-12-5-4-6-13-10/h7-11H,4-6H2,1-3H3/t8-,9+/m0/s1. The minimum atomic E-state index is -0.136. The van der Waals surface area contributed by atoms with Crippen LogP contribution in [0, 0.1) is 11.8 Å². The maximum Gasteiger partial charge on any atom is 0.0607 e. The molecule has 1 aliphatic rings. The summed E-state index contributed by atoms with van der Waals surface area (Å²) < 4.78 is 0.617. The van der Waals surface area contributed by atoms with Gasteiger partial charge >= 0.3 is 0 Å². The fraction of sp³-hybridized carbons (Fsp3) is 1.00. The number of aliphatic hydroxyl groups is 1. The van der Waals surface area contributed by atoms with Crippen molar-refractivity contribution in [1.29, 1.82) is 0 Å². The Morgan fingerprint density at radius 3 is 2.15 bits per heavy atom. The third-order valence-electron chi connectivity index (χ3n) is 2.50. The Morgan fingerprint density at radius 1 is 1.15 bits per heavy atom. The molecule has 1 N–H and O–H groups in total. The summed E-state index contributed by atoms with van der Waals surface area (Å²) in [6.07, 6.45) is 1.19. The smallest absolute Gasteiger partial charge is 0.0607 e. The average molecular weight is 220 g/mol. The highest BCUT2D eigenvalue weighted by molar-refractivity contribution is 8.17. The lowest BCUT2D eigenvalue weighted by Gasteiger charge is -2.31. The number of rotatable bonds is 3. The van der Waals surface area contributed by atoms with E-state index >= 15 is 0 Å². The molecule has 1 fully saturated rings. The largest absolute Gasteiger partial charge is 0.393 e. The van der Waals surface area contributed by atoms with Gasteiger partial charge in [-0.2, -0.15) is 0 Å². The lowest BCUT2D eigenvalue weighted by molar-refractivity contribution is 0.0790. The van der Waals surface area contributed by atoms with Crippen molar-refractivity contribution in [3.63, 3.8) is 0 Å². The van der Waals surface area contributed by atoms with Gasteiger partial charge in [-0.3, -0.25) is 0 Å².